The number of ether oxygens (including phenoxy) is 1. The number of amides is 2. The Morgan fingerprint density at radius 1 is 1.00 bits per heavy atom. The molecule has 2 amide bonds. The summed E-state index contributed by atoms with van der Waals surface area (Å²) >= 11 is 0. The van der Waals surface area contributed by atoms with Crippen molar-refractivity contribution < 1.29 is 19.4 Å². The highest BCUT2D eigenvalue weighted by molar-refractivity contribution is 5.79. The molecule has 194 valence electrons. The SMILES string of the molecule is O=C1CN(Cc2ccccc2)Cc2cc(CC(=O)N3CCC(CO)CC3)ccc2OCCCCCN1. The van der Waals surface area contributed by atoms with Crippen molar-refractivity contribution in [2.75, 3.05) is 39.4 Å². The second-order valence-corrected chi connectivity index (χ2v) is 10.0. The van der Waals surface area contributed by atoms with Gasteiger partial charge in [-0.2, -0.15) is 0 Å². The summed E-state index contributed by atoms with van der Waals surface area (Å²) < 4.78 is 6.18. The van der Waals surface area contributed by atoms with Gasteiger partial charge >= 0.3 is 0 Å². The molecule has 1 fully saturated rings. The maximum Gasteiger partial charge on any atom is 0.234 e. The number of rotatable bonds is 5. The molecule has 7 nitrogen and oxygen atoms in total. The number of piperidine rings is 1. The maximum absolute atomic E-state index is 13.0. The van der Waals surface area contributed by atoms with Crippen LogP contribution >= 0.6 is 0 Å². The summed E-state index contributed by atoms with van der Waals surface area (Å²) in [7, 11) is 0. The molecule has 1 saturated heterocycles. The predicted octanol–water partition coefficient (Wildman–Crippen LogP) is 3.14. The third-order valence-electron chi connectivity index (χ3n) is 7.12. The molecule has 2 heterocycles. The van der Waals surface area contributed by atoms with E-state index in [2.05, 4.69) is 28.4 Å². The summed E-state index contributed by atoms with van der Waals surface area (Å²) in [4.78, 5) is 29.7. The van der Waals surface area contributed by atoms with Crippen LogP contribution in [0, 0.1) is 5.92 Å². The van der Waals surface area contributed by atoms with Gasteiger partial charge in [0.2, 0.25) is 11.8 Å². The number of carbonyl (C=O) groups is 2. The number of benzene rings is 2. The summed E-state index contributed by atoms with van der Waals surface area (Å²) in [6, 6.07) is 16.2. The lowest BCUT2D eigenvalue weighted by Gasteiger charge is -2.31. The Labute approximate surface area is 214 Å². The minimum atomic E-state index is 0.0326. The first-order valence-corrected chi connectivity index (χ1v) is 13.3. The number of hydrogen-bond acceptors (Lipinski definition) is 5. The fraction of sp³-hybridized carbons (Fsp3) is 0.517. The zero-order valence-electron chi connectivity index (χ0n) is 21.2. The normalized spacial score (nSPS) is 18.7. The minimum Gasteiger partial charge on any atom is -0.493 e. The van der Waals surface area contributed by atoms with Crippen LogP contribution in [0.15, 0.2) is 48.5 Å². The zero-order chi connectivity index (χ0) is 25.2. The summed E-state index contributed by atoms with van der Waals surface area (Å²) in [6.07, 6.45) is 4.94. The van der Waals surface area contributed by atoms with E-state index in [4.69, 9.17) is 4.74 Å². The molecule has 2 aromatic carbocycles. The van der Waals surface area contributed by atoms with Crippen LogP contribution in [0.25, 0.3) is 0 Å². The van der Waals surface area contributed by atoms with Gasteiger partial charge in [0.05, 0.1) is 19.6 Å². The molecule has 0 saturated carbocycles. The summed E-state index contributed by atoms with van der Waals surface area (Å²) in [5.41, 5.74) is 3.11. The number of fused-ring (bicyclic) bond motifs is 1. The molecule has 0 spiro atoms. The van der Waals surface area contributed by atoms with Crippen LogP contribution in [-0.4, -0.2) is 66.1 Å². The van der Waals surface area contributed by atoms with Crippen molar-refractivity contribution in [2.24, 2.45) is 5.92 Å². The highest BCUT2D eigenvalue weighted by Crippen LogP contribution is 2.25. The molecule has 0 unspecified atom stereocenters. The molecule has 0 atom stereocenters. The first-order valence-electron chi connectivity index (χ1n) is 13.3. The Morgan fingerprint density at radius 2 is 1.81 bits per heavy atom. The van der Waals surface area contributed by atoms with E-state index in [0.29, 0.717) is 58.2 Å². The lowest BCUT2D eigenvalue weighted by atomic mass is 9.97. The topological polar surface area (TPSA) is 82.1 Å². The van der Waals surface area contributed by atoms with Gasteiger partial charge in [0.15, 0.2) is 0 Å². The number of aliphatic hydroxyl groups is 1. The quantitative estimate of drug-likeness (QED) is 0.669. The summed E-state index contributed by atoms with van der Waals surface area (Å²) in [6.45, 7) is 4.44. The second kappa shape index (κ2) is 13.4. The molecule has 2 N–H and O–H groups in total. The molecule has 36 heavy (non-hydrogen) atoms. The van der Waals surface area contributed by atoms with Gasteiger partial charge in [0.1, 0.15) is 5.75 Å². The molecular weight excluding hydrogens is 454 g/mol. The van der Waals surface area contributed by atoms with Crippen molar-refractivity contribution in [3.8, 4) is 5.75 Å². The van der Waals surface area contributed by atoms with E-state index in [1.165, 1.54) is 0 Å². The lowest BCUT2D eigenvalue weighted by Crippen LogP contribution is -2.40. The van der Waals surface area contributed by atoms with E-state index in [-0.39, 0.29) is 18.4 Å². The fourth-order valence-corrected chi connectivity index (χ4v) is 4.98. The van der Waals surface area contributed by atoms with Crippen molar-refractivity contribution in [3.05, 3.63) is 65.2 Å². The predicted molar refractivity (Wildman–Crippen MR) is 139 cm³/mol. The van der Waals surface area contributed by atoms with E-state index < -0.39 is 0 Å². The molecule has 0 radical (unpaired) electrons. The van der Waals surface area contributed by atoms with Gasteiger partial charge in [-0.15, -0.1) is 0 Å². The maximum atomic E-state index is 13.0. The summed E-state index contributed by atoms with van der Waals surface area (Å²) in [5.74, 6) is 1.29. The van der Waals surface area contributed by atoms with Gasteiger partial charge in [0, 0.05) is 44.9 Å². The van der Waals surface area contributed by atoms with Crippen molar-refractivity contribution in [1.82, 2.24) is 15.1 Å². The van der Waals surface area contributed by atoms with E-state index in [1.807, 2.05) is 35.2 Å². The molecule has 7 heteroatoms. The third kappa shape index (κ3) is 7.80. The Morgan fingerprint density at radius 3 is 2.58 bits per heavy atom. The number of hydrogen-bond donors (Lipinski definition) is 2. The van der Waals surface area contributed by atoms with Crippen LogP contribution in [0.5, 0.6) is 5.75 Å². The van der Waals surface area contributed by atoms with Crippen molar-refractivity contribution in [2.45, 2.75) is 51.6 Å². The minimum absolute atomic E-state index is 0.0326. The van der Waals surface area contributed by atoms with Gasteiger partial charge in [-0.25, -0.2) is 0 Å². The van der Waals surface area contributed by atoms with Crippen molar-refractivity contribution in [3.63, 3.8) is 0 Å². The molecule has 2 aliphatic heterocycles. The average Bonchev–Trinajstić information content (AvgIpc) is 2.90. The van der Waals surface area contributed by atoms with Crippen molar-refractivity contribution in [1.29, 1.82) is 0 Å². The Kier molecular flexibility index (Phi) is 9.76. The zero-order valence-corrected chi connectivity index (χ0v) is 21.2. The monoisotopic (exact) mass is 493 g/mol. The van der Waals surface area contributed by atoms with E-state index >= 15 is 0 Å². The van der Waals surface area contributed by atoms with Crippen LogP contribution in [0.2, 0.25) is 0 Å². The number of likely N-dealkylation sites (tertiary alicyclic amines) is 1. The van der Waals surface area contributed by atoms with Crippen LogP contribution in [0.4, 0.5) is 0 Å². The highest BCUT2D eigenvalue weighted by Gasteiger charge is 2.23. The number of nitrogens with one attached hydrogen (secondary N) is 1. The second-order valence-electron chi connectivity index (χ2n) is 10.0. The van der Waals surface area contributed by atoms with Crippen LogP contribution in [-0.2, 0) is 29.1 Å². The molecule has 0 aliphatic carbocycles. The standard InChI is InChI=1S/C29H39N3O4/c33-22-24-11-14-32(15-12-24)29(35)18-25-9-10-27-26(17-25)20-31(19-23-7-3-1-4-8-23)21-28(34)30-13-5-2-6-16-36-27/h1,3-4,7-10,17,24,33H,2,5-6,11-16,18-22H2,(H,30,34). The number of carbonyl (C=O) groups excluding carboxylic acids is 2. The van der Waals surface area contributed by atoms with Gasteiger partial charge in [-0.3, -0.25) is 14.5 Å². The summed E-state index contributed by atoms with van der Waals surface area (Å²) in [5, 5.41) is 12.4. The average molecular weight is 494 g/mol. The van der Waals surface area contributed by atoms with Gasteiger partial charge in [-0.1, -0.05) is 42.5 Å². The van der Waals surface area contributed by atoms with Gasteiger partial charge in [-0.05, 0) is 55.2 Å². The molecule has 2 aliphatic rings. The Hall–Kier alpha value is -2.90. The molecular formula is C29H39N3O4. The number of nitrogens with zero attached hydrogens (tertiary/aromatic N) is 2. The first-order chi connectivity index (χ1) is 17.6. The van der Waals surface area contributed by atoms with Crippen molar-refractivity contribution >= 4 is 11.8 Å². The van der Waals surface area contributed by atoms with Crippen LogP contribution in [0.1, 0.15) is 48.8 Å². The Bertz CT molecular complexity index is 989. The fourth-order valence-electron chi connectivity index (χ4n) is 4.98. The van der Waals surface area contributed by atoms with Crippen LogP contribution < -0.4 is 10.1 Å². The van der Waals surface area contributed by atoms with Crippen LogP contribution in [0.3, 0.4) is 0 Å². The lowest BCUT2D eigenvalue weighted by molar-refractivity contribution is -0.132. The Balaban J connectivity index is 1.52. The van der Waals surface area contributed by atoms with E-state index in [0.717, 1.165) is 54.5 Å². The molecule has 2 aromatic rings. The number of aliphatic hydroxyl groups excluding tert-OH is 1. The highest BCUT2D eigenvalue weighted by atomic mass is 16.5. The molecule has 0 aromatic heterocycles. The van der Waals surface area contributed by atoms with Gasteiger partial charge in [0.25, 0.3) is 0 Å². The van der Waals surface area contributed by atoms with E-state index in [9.17, 15) is 14.7 Å². The van der Waals surface area contributed by atoms with E-state index in [1.54, 1.807) is 0 Å². The largest absolute Gasteiger partial charge is 0.493 e. The third-order valence-corrected chi connectivity index (χ3v) is 7.12. The molecule has 0 bridgehead atoms. The van der Waals surface area contributed by atoms with Gasteiger partial charge < -0.3 is 20.1 Å². The molecule has 4 rings (SSSR count). The first kappa shape index (κ1) is 26.2. The smallest absolute Gasteiger partial charge is 0.234 e.